The number of hydrogen-bond acceptors (Lipinski definition) is 3. The minimum absolute atomic E-state index is 0.0834. The molecule has 0 spiro atoms. The lowest BCUT2D eigenvalue weighted by Crippen LogP contribution is -2.54. The van der Waals surface area contributed by atoms with E-state index in [2.05, 4.69) is 4.90 Å². The molecule has 2 heterocycles. The zero-order valence-corrected chi connectivity index (χ0v) is 11.0. The third-order valence-electron chi connectivity index (χ3n) is 4.03. The number of amides is 1. The third-order valence-corrected chi connectivity index (χ3v) is 4.03. The van der Waals surface area contributed by atoms with Gasteiger partial charge in [-0.25, -0.2) is 0 Å². The fourth-order valence-corrected chi connectivity index (χ4v) is 2.95. The van der Waals surface area contributed by atoms with E-state index < -0.39 is 5.60 Å². The normalized spacial score (nSPS) is 32.8. The van der Waals surface area contributed by atoms with Crippen molar-refractivity contribution < 1.29 is 9.90 Å². The first-order valence-corrected chi connectivity index (χ1v) is 6.75. The van der Waals surface area contributed by atoms with Crippen LogP contribution in [0.1, 0.15) is 39.5 Å². The Kier molecular flexibility index (Phi) is 3.73. The van der Waals surface area contributed by atoms with Crippen molar-refractivity contribution in [1.29, 1.82) is 0 Å². The van der Waals surface area contributed by atoms with Crippen LogP contribution in [0.15, 0.2) is 0 Å². The summed E-state index contributed by atoms with van der Waals surface area (Å²) in [4.78, 5) is 16.4. The van der Waals surface area contributed by atoms with Crippen LogP contribution in [0, 0.1) is 0 Å². The van der Waals surface area contributed by atoms with Gasteiger partial charge >= 0.3 is 0 Å². The van der Waals surface area contributed by atoms with Gasteiger partial charge in [-0.05, 0) is 46.1 Å². The number of carbonyl (C=O) groups is 1. The van der Waals surface area contributed by atoms with Gasteiger partial charge in [0.25, 0.3) is 0 Å². The number of aliphatic hydroxyl groups is 1. The van der Waals surface area contributed by atoms with Crippen LogP contribution in [-0.4, -0.2) is 58.6 Å². The molecule has 2 atom stereocenters. The number of carbonyl (C=O) groups excluding carboxylic acids is 1. The second-order valence-corrected chi connectivity index (χ2v) is 5.78. The lowest BCUT2D eigenvalue weighted by Gasteiger charge is -2.40. The molecule has 17 heavy (non-hydrogen) atoms. The van der Waals surface area contributed by atoms with Crippen molar-refractivity contribution in [3.8, 4) is 0 Å². The van der Waals surface area contributed by atoms with Crippen molar-refractivity contribution >= 4 is 5.91 Å². The molecule has 0 aromatic rings. The molecule has 4 nitrogen and oxygen atoms in total. The van der Waals surface area contributed by atoms with E-state index in [0.29, 0.717) is 6.54 Å². The summed E-state index contributed by atoms with van der Waals surface area (Å²) >= 11 is 0. The van der Waals surface area contributed by atoms with Crippen molar-refractivity contribution in [3.05, 3.63) is 0 Å². The van der Waals surface area contributed by atoms with Gasteiger partial charge in [-0.1, -0.05) is 0 Å². The smallest absolute Gasteiger partial charge is 0.239 e. The molecular weight excluding hydrogens is 216 g/mol. The Morgan fingerprint density at radius 1 is 1.24 bits per heavy atom. The average molecular weight is 240 g/mol. The highest BCUT2D eigenvalue weighted by Gasteiger charge is 2.34. The van der Waals surface area contributed by atoms with Crippen LogP contribution >= 0.6 is 0 Å². The van der Waals surface area contributed by atoms with E-state index in [-0.39, 0.29) is 11.9 Å². The van der Waals surface area contributed by atoms with Gasteiger partial charge in [0.1, 0.15) is 0 Å². The molecule has 2 unspecified atom stereocenters. The summed E-state index contributed by atoms with van der Waals surface area (Å²) < 4.78 is 0. The maximum atomic E-state index is 12.3. The Morgan fingerprint density at radius 2 is 1.88 bits per heavy atom. The minimum Gasteiger partial charge on any atom is -0.389 e. The highest BCUT2D eigenvalue weighted by Crippen LogP contribution is 2.23. The molecular formula is C13H24N2O2. The average Bonchev–Trinajstić information content (AvgIpc) is 2.79. The predicted molar refractivity (Wildman–Crippen MR) is 66.7 cm³/mol. The molecule has 1 amide bonds. The Labute approximate surface area is 104 Å². The monoisotopic (exact) mass is 240 g/mol. The molecule has 0 bridgehead atoms. The SMILES string of the molecule is CC(C(=O)N1CCCC1)N1CCCC(C)(O)C1. The number of β-amino-alcohol motifs (C(OH)–C–C–N with tert-alkyl or cyclic N) is 1. The fourth-order valence-electron chi connectivity index (χ4n) is 2.95. The standard InChI is InChI=1S/C13H24N2O2/c1-11(12(16)14-7-3-4-8-14)15-9-5-6-13(2,17)10-15/h11,17H,3-10H2,1-2H3. The summed E-state index contributed by atoms with van der Waals surface area (Å²) in [5, 5.41) is 10.1. The largest absolute Gasteiger partial charge is 0.389 e. The number of piperidine rings is 1. The van der Waals surface area contributed by atoms with Crippen molar-refractivity contribution in [2.75, 3.05) is 26.2 Å². The zero-order chi connectivity index (χ0) is 12.5. The van der Waals surface area contributed by atoms with Crippen LogP contribution in [0.3, 0.4) is 0 Å². The maximum Gasteiger partial charge on any atom is 0.239 e. The molecule has 0 aliphatic carbocycles. The van der Waals surface area contributed by atoms with E-state index in [1.807, 2.05) is 18.7 Å². The number of likely N-dealkylation sites (tertiary alicyclic amines) is 2. The molecule has 0 saturated carbocycles. The van der Waals surface area contributed by atoms with Gasteiger partial charge < -0.3 is 10.0 Å². The van der Waals surface area contributed by atoms with Gasteiger partial charge in [0.2, 0.25) is 5.91 Å². The first kappa shape index (κ1) is 12.8. The molecule has 2 aliphatic heterocycles. The van der Waals surface area contributed by atoms with Gasteiger partial charge in [0.05, 0.1) is 11.6 Å². The Bertz CT molecular complexity index is 285. The Hall–Kier alpha value is -0.610. The molecule has 2 saturated heterocycles. The van der Waals surface area contributed by atoms with E-state index in [1.165, 1.54) is 0 Å². The van der Waals surface area contributed by atoms with Gasteiger partial charge in [0, 0.05) is 19.6 Å². The molecule has 1 N–H and O–H groups in total. The summed E-state index contributed by atoms with van der Waals surface area (Å²) in [7, 11) is 0. The Balaban J connectivity index is 1.94. The van der Waals surface area contributed by atoms with Crippen molar-refractivity contribution in [2.24, 2.45) is 0 Å². The Morgan fingerprint density at radius 3 is 2.47 bits per heavy atom. The molecule has 4 heteroatoms. The van der Waals surface area contributed by atoms with Crippen LogP contribution in [0.5, 0.6) is 0 Å². The molecule has 2 aliphatic rings. The van der Waals surface area contributed by atoms with Gasteiger partial charge in [0.15, 0.2) is 0 Å². The van der Waals surface area contributed by atoms with Crippen LogP contribution in [-0.2, 0) is 4.79 Å². The predicted octanol–water partition coefficient (Wildman–Crippen LogP) is 0.844. The number of rotatable bonds is 2. The lowest BCUT2D eigenvalue weighted by atomic mass is 9.94. The van der Waals surface area contributed by atoms with Crippen LogP contribution in [0.25, 0.3) is 0 Å². The molecule has 0 radical (unpaired) electrons. The third kappa shape index (κ3) is 2.99. The summed E-state index contributed by atoms with van der Waals surface area (Å²) in [6, 6.07) is -0.0834. The topological polar surface area (TPSA) is 43.8 Å². The zero-order valence-electron chi connectivity index (χ0n) is 11.0. The molecule has 0 aromatic carbocycles. The van der Waals surface area contributed by atoms with E-state index >= 15 is 0 Å². The molecule has 2 rings (SSSR count). The van der Waals surface area contributed by atoms with E-state index in [9.17, 15) is 9.90 Å². The first-order valence-electron chi connectivity index (χ1n) is 6.75. The lowest BCUT2D eigenvalue weighted by molar-refractivity contribution is -0.137. The second-order valence-electron chi connectivity index (χ2n) is 5.78. The van der Waals surface area contributed by atoms with Crippen LogP contribution in [0.2, 0.25) is 0 Å². The molecule has 2 fully saturated rings. The van der Waals surface area contributed by atoms with E-state index in [4.69, 9.17) is 0 Å². The van der Waals surface area contributed by atoms with Crippen molar-refractivity contribution in [3.63, 3.8) is 0 Å². The van der Waals surface area contributed by atoms with Gasteiger partial charge in [-0.2, -0.15) is 0 Å². The van der Waals surface area contributed by atoms with Gasteiger partial charge in [-0.3, -0.25) is 9.69 Å². The summed E-state index contributed by atoms with van der Waals surface area (Å²) in [6.07, 6.45) is 4.09. The fraction of sp³-hybridized carbons (Fsp3) is 0.923. The molecule has 98 valence electrons. The van der Waals surface area contributed by atoms with E-state index in [1.54, 1.807) is 0 Å². The van der Waals surface area contributed by atoms with Crippen LogP contribution < -0.4 is 0 Å². The molecule has 0 aromatic heterocycles. The maximum absolute atomic E-state index is 12.3. The highest BCUT2D eigenvalue weighted by atomic mass is 16.3. The highest BCUT2D eigenvalue weighted by molar-refractivity contribution is 5.81. The van der Waals surface area contributed by atoms with Crippen molar-refractivity contribution in [2.45, 2.75) is 51.2 Å². The number of hydrogen-bond donors (Lipinski definition) is 1. The summed E-state index contributed by atoms with van der Waals surface area (Å²) in [5.74, 6) is 0.236. The van der Waals surface area contributed by atoms with Gasteiger partial charge in [-0.15, -0.1) is 0 Å². The second kappa shape index (κ2) is 4.94. The summed E-state index contributed by atoms with van der Waals surface area (Å²) in [6.45, 7) is 7.21. The number of nitrogens with zero attached hydrogens (tertiary/aromatic N) is 2. The van der Waals surface area contributed by atoms with Crippen molar-refractivity contribution in [1.82, 2.24) is 9.80 Å². The quantitative estimate of drug-likeness (QED) is 0.778. The van der Waals surface area contributed by atoms with E-state index in [0.717, 1.165) is 45.3 Å². The minimum atomic E-state index is -0.627. The van der Waals surface area contributed by atoms with Crippen LogP contribution in [0.4, 0.5) is 0 Å². The summed E-state index contributed by atoms with van der Waals surface area (Å²) in [5.41, 5.74) is -0.627. The first-order chi connectivity index (χ1) is 7.99.